The molecule has 1 unspecified atom stereocenters. The lowest BCUT2D eigenvalue weighted by molar-refractivity contribution is 0.0188. The summed E-state index contributed by atoms with van der Waals surface area (Å²) >= 11 is 0. The van der Waals surface area contributed by atoms with Crippen LogP contribution in [0.1, 0.15) is 24.8 Å². The lowest BCUT2D eigenvalue weighted by atomic mass is 9.96. The SMILES string of the molecule is COc1ccc(CC2NC[C@H](O)[C@H]2OC(=O)NCC[C@H]2CCCNC2)cc1. The molecule has 0 aromatic heterocycles. The van der Waals surface area contributed by atoms with Crippen molar-refractivity contribution < 1.29 is 19.4 Å². The van der Waals surface area contributed by atoms with Crippen molar-refractivity contribution in [1.82, 2.24) is 16.0 Å². The number of methoxy groups -OCH3 is 1. The quantitative estimate of drug-likeness (QED) is 0.568. The zero-order valence-electron chi connectivity index (χ0n) is 15.9. The fourth-order valence-electron chi connectivity index (χ4n) is 3.85. The van der Waals surface area contributed by atoms with Crippen LogP contribution >= 0.6 is 0 Å². The van der Waals surface area contributed by atoms with Gasteiger partial charge in [-0.2, -0.15) is 0 Å². The van der Waals surface area contributed by atoms with E-state index in [1.165, 1.54) is 12.8 Å². The van der Waals surface area contributed by atoms with Gasteiger partial charge in [0.05, 0.1) is 13.2 Å². The zero-order valence-corrected chi connectivity index (χ0v) is 15.9. The highest BCUT2D eigenvalue weighted by atomic mass is 16.6. The average molecular weight is 377 g/mol. The van der Waals surface area contributed by atoms with E-state index in [1.54, 1.807) is 7.11 Å². The molecule has 4 atom stereocenters. The Labute approximate surface area is 160 Å². The molecule has 7 heteroatoms. The molecule has 0 saturated carbocycles. The number of aliphatic hydroxyl groups is 1. The summed E-state index contributed by atoms with van der Waals surface area (Å²) in [5.74, 6) is 1.42. The van der Waals surface area contributed by atoms with Gasteiger partial charge in [0.25, 0.3) is 0 Å². The van der Waals surface area contributed by atoms with Gasteiger partial charge in [0.1, 0.15) is 18.0 Å². The summed E-state index contributed by atoms with van der Waals surface area (Å²) in [5, 5.41) is 19.7. The molecule has 1 amide bonds. The normalized spacial score (nSPS) is 27.9. The maximum atomic E-state index is 12.2. The number of ether oxygens (including phenoxy) is 2. The number of carbonyl (C=O) groups is 1. The Bertz CT molecular complexity index is 589. The molecule has 2 heterocycles. The van der Waals surface area contributed by atoms with Crippen molar-refractivity contribution in [3.05, 3.63) is 29.8 Å². The molecule has 1 aromatic carbocycles. The Morgan fingerprint density at radius 2 is 2.11 bits per heavy atom. The van der Waals surface area contributed by atoms with E-state index in [0.29, 0.717) is 25.4 Å². The van der Waals surface area contributed by atoms with E-state index in [-0.39, 0.29) is 6.04 Å². The van der Waals surface area contributed by atoms with E-state index in [4.69, 9.17) is 9.47 Å². The van der Waals surface area contributed by atoms with Gasteiger partial charge in [0, 0.05) is 13.1 Å². The Kier molecular flexibility index (Phi) is 7.32. The number of hydrogen-bond acceptors (Lipinski definition) is 6. The third-order valence-electron chi connectivity index (χ3n) is 5.44. The Hall–Kier alpha value is -1.83. The molecular formula is C20H31N3O4. The van der Waals surface area contributed by atoms with Gasteiger partial charge in [-0.1, -0.05) is 12.1 Å². The third kappa shape index (κ3) is 5.82. The maximum absolute atomic E-state index is 12.2. The highest BCUT2D eigenvalue weighted by molar-refractivity contribution is 5.67. The van der Waals surface area contributed by atoms with Gasteiger partial charge in [0.2, 0.25) is 0 Å². The number of nitrogens with one attached hydrogen (secondary N) is 3. The predicted octanol–water partition coefficient (Wildman–Crippen LogP) is 1.05. The van der Waals surface area contributed by atoms with Gasteiger partial charge in [-0.3, -0.25) is 0 Å². The van der Waals surface area contributed by atoms with Gasteiger partial charge in [-0.05, 0) is 62.4 Å². The lowest BCUT2D eigenvalue weighted by Crippen LogP contribution is -2.42. The monoisotopic (exact) mass is 377 g/mol. The van der Waals surface area contributed by atoms with E-state index in [0.717, 1.165) is 30.8 Å². The van der Waals surface area contributed by atoms with Crippen molar-refractivity contribution in [2.75, 3.05) is 33.3 Å². The van der Waals surface area contributed by atoms with Crippen LogP contribution in [0.3, 0.4) is 0 Å². The molecule has 0 radical (unpaired) electrons. The summed E-state index contributed by atoms with van der Waals surface area (Å²) in [5.41, 5.74) is 1.10. The van der Waals surface area contributed by atoms with Crippen LogP contribution < -0.4 is 20.7 Å². The van der Waals surface area contributed by atoms with Crippen molar-refractivity contribution in [2.24, 2.45) is 5.92 Å². The van der Waals surface area contributed by atoms with Crippen LogP contribution in [0.15, 0.2) is 24.3 Å². The molecule has 2 aliphatic rings. The van der Waals surface area contributed by atoms with E-state index in [2.05, 4.69) is 16.0 Å². The first kappa shape index (κ1) is 19.9. The van der Waals surface area contributed by atoms with Crippen molar-refractivity contribution in [2.45, 2.75) is 43.9 Å². The molecule has 4 N–H and O–H groups in total. The van der Waals surface area contributed by atoms with E-state index >= 15 is 0 Å². The number of rotatable bonds is 7. The molecule has 0 spiro atoms. The van der Waals surface area contributed by atoms with Gasteiger partial charge in [-0.25, -0.2) is 4.79 Å². The van der Waals surface area contributed by atoms with Crippen LogP contribution in [-0.4, -0.2) is 62.7 Å². The van der Waals surface area contributed by atoms with Crippen LogP contribution in [0.25, 0.3) is 0 Å². The molecule has 2 saturated heterocycles. The van der Waals surface area contributed by atoms with Gasteiger partial charge in [-0.15, -0.1) is 0 Å². The van der Waals surface area contributed by atoms with Crippen molar-refractivity contribution in [1.29, 1.82) is 0 Å². The molecule has 2 aliphatic heterocycles. The molecule has 1 aromatic rings. The molecule has 2 fully saturated rings. The minimum absolute atomic E-state index is 0.110. The Balaban J connectivity index is 1.45. The number of amides is 1. The van der Waals surface area contributed by atoms with Gasteiger partial charge in [0.15, 0.2) is 0 Å². The number of carbonyl (C=O) groups excluding carboxylic acids is 1. The van der Waals surface area contributed by atoms with Crippen molar-refractivity contribution in [3.63, 3.8) is 0 Å². The highest BCUT2D eigenvalue weighted by Gasteiger charge is 2.37. The summed E-state index contributed by atoms with van der Waals surface area (Å²) in [7, 11) is 1.64. The summed E-state index contributed by atoms with van der Waals surface area (Å²) in [6.45, 7) is 3.14. The first-order valence-electron chi connectivity index (χ1n) is 9.85. The second-order valence-electron chi connectivity index (χ2n) is 7.43. The van der Waals surface area contributed by atoms with Crippen LogP contribution in [-0.2, 0) is 11.2 Å². The molecule has 27 heavy (non-hydrogen) atoms. The molecular weight excluding hydrogens is 346 g/mol. The number of hydrogen-bond donors (Lipinski definition) is 4. The topological polar surface area (TPSA) is 91.8 Å². The second kappa shape index (κ2) is 9.92. The van der Waals surface area contributed by atoms with E-state index in [9.17, 15) is 9.90 Å². The number of alkyl carbamates (subject to hydrolysis) is 1. The first-order valence-corrected chi connectivity index (χ1v) is 9.85. The number of β-amino-alcohol motifs (C(OH)–C–C–N with tert-alkyl or cyclic N) is 1. The molecule has 150 valence electrons. The largest absolute Gasteiger partial charge is 0.497 e. The minimum Gasteiger partial charge on any atom is -0.497 e. The minimum atomic E-state index is -0.693. The molecule has 7 nitrogen and oxygen atoms in total. The smallest absolute Gasteiger partial charge is 0.407 e. The number of aliphatic hydroxyl groups excluding tert-OH is 1. The molecule has 0 aliphatic carbocycles. The van der Waals surface area contributed by atoms with Crippen LogP contribution in [0.5, 0.6) is 5.75 Å². The lowest BCUT2D eigenvalue weighted by Gasteiger charge is -2.24. The Morgan fingerprint density at radius 1 is 1.30 bits per heavy atom. The van der Waals surface area contributed by atoms with Crippen LogP contribution in [0.2, 0.25) is 0 Å². The third-order valence-corrected chi connectivity index (χ3v) is 5.44. The van der Waals surface area contributed by atoms with E-state index in [1.807, 2.05) is 24.3 Å². The predicted molar refractivity (Wildman–Crippen MR) is 103 cm³/mol. The molecule has 3 rings (SSSR count). The van der Waals surface area contributed by atoms with Crippen LogP contribution in [0, 0.1) is 5.92 Å². The second-order valence-corrected chi connectivity index (χ2v) is 7.43. The highest BCUT2D eigenvalue weighted by Crippen LogP contribution is 2.19. The fraction of sp³-hybridized carbons (Fsp3) is 0.650. The number of piperidine rings is 1. The Morgan fingerprint density at radius 3 is 2.81 bits per heavy atom. The molecule has 0 bridgehead atoms. The summed E-state index contributed by atoms with van der Waals surface area (Å²) in [6.07, 6.45) is 2.33. The van der Waals surface area contributed by atoms with Crippen molar-refractivity contribution in [3.8, 4) is 5.75 Å². The van der Waals surface area contributed by atoms with E-state index < -0.39 is 18.3 Å². The first-order chi connectivity index (χ1) is 13.2. The van der Waals surface area contributed by atoms with Crippen LogP contribution in [0.4, 0.5) is 4.79 Å². The van der Waals surface area contributed by atoms with Crippen molar-refractivity contribution >= 4 is 6.09 Å². The summed E-state index contributed by atoms with van der Waals surface area (Å²) < 4.78 is 10.7. The average Bonchev–Trinajstić information content (AvgIpc) is 3.03. The van der Waals surface area contributed by atoms with Gasteiger partial charge < -0.3 is 30.5 Å². The standard InChI is InChI=1S/C20H31N3O4/c1-26-16-6-4-14(5-7-16)11-17-19(18(24)13-23-17)27-20(25)22-10-8-15-3-2-9-21-12-15/h4-7,15,17-19,21,23-24H,2-3,8-13H2,1H3,(H,22,25)/t15-,17?,18+,19+/m1/s1. The number of benzene rings is 1. The van der Waals surface area contributed by atoms with Gasteiger partial charge >= 0.3 is 6.09 Å². The fourth-order valence-corrected chi connectivity index (χ4v) is 3.85. The summed E-state index contributed by atoms with van der Waals surface area (Å²) in [4.78, 5) is 12.2. The maximum Gasteiger partial charge on any atom is 0.407 e. The summed E-state index contributed by atoms with van der Waals surface area (Å²) in [6, 6.07) is 7.68. The zero-order chi connectivity index (χ0) is 19.1.